The van der Waals surface area contributed by atoms with E-state index in [1.807, 2.05) is 0 Å². The topological polar surface area (TPSA) is 75.6 Å². The van der Waals surface area contributed by atoms with E-state index >= 15 is 0 Å². The Hall–Kier alpha value is -1.95. The SMILES string of the molecule is O=C(O)C12COC(C(=O)NCC(F)c3ccccc3)(C1)C2. The summed E-state index contributed by atoms with van der Waals surface area (Å²) < 4.78 is 19.3. The number of carbonyl (C=O) groups is 2. The molecule has 1 aromatic carbocycles. The lowest BCUT2D eigenvalue weighted by molar-refractivity contribution is -0.158. The Morgan fingerprint density at radius 3 is 2.57 bits per heavy atom. The fourth-order valence-corrected chi connectivity index (χ4v) is 3.08. The number of nitrogens with one attached hydrogen (secondary N) is 1. The van der Waals surface area contributed by atoms with Crippen LogP contribution in [-0.4, -0.2) is 35.7 Å². The van der Waals surface area contributed by atoms with E-state index in [1.54, 1.807) is 30.3 Å². The Balaban J connectivity index is 1.56. The fourth-order valence-electron chi connectivity index (χ4n) is 3.08. The molecule has 1 amide bonds. The van der Waals surface area contributed by atoms with Crippen molar-refractivity contribution in [3.8, 4) is 0 Å². The number of aliphatic carboxylic acids is 1. The number of benzene rings is 1. The normalized spacial score (nSPS) is 31.3. The quantitative estimate of drug-likeness (QED) is 0.861. The van der Waals surface area contributed by atoms with Crippen molar-refractivity contribution in [2.75, 3.05) is 13.2 Å². The maximum absolute atomic E-state index is 14.0. The zero-order valence-electron chi connectivity index (χ0n) is 11.3. The highest BCUT2D eigenvalue weighted by Gasteiger charge is 2.70. The third kappa shape index (κ3) is 2.19. The van der Waals surface area contributed by atoms with E-state index in [0.29, 0.717) is 5.56 Å². The van der Waals surface area contributed by atoms with Crippen LogP contribution in [0.1, 0.15) is 24.6 Å². The zero-order valence-corrected chi connectivity index (χ0v) is 11.3. The van der Waals surface area contributed by atoms with Crippen molar-refractivity contribution in [1.29, 1.82) is 0 Å². The molecule has 1 atom stereocenters. The van der Waals surface area contributed by atoms with Crippen molar-refractivity contribution in [2.24, 2.45) is 5.41 Å². The van der Waals surface area contributed by atoms with Crippen molar-refractivity contribution in [1.82, 2.24) is 5.32 Å². The van der Waals surface area contributed by atoms with Crippen LogP contribution in [0, 0.1) is 5.41 Å². The Labute approximate surface area is 121 Å². The first-order valence-corrected chi connectivity index (χ1v) is 6.82. The van der Waals surface area contributed by atoms with Crippen LogP contribution < -0.4 is 5.32 Å². The molecule has 1 aliphatic carbocycles. The lowest BCUT2D eigenvalue weighted by Crippen LogP contribution is -2.57. The summed E-state index contributed by atoms with van der Waals surface area (Å²) >= 11 is 0. The van der Waals surface area contributed by atoms with Gasteiger partial charge in [0.2, 0.25) is 0 Å². The number of rotatable bonds is 5. The summed E-state index contributed by atoms with van der Waals surface area (Å²) in [6.45, 7) is -0.0957. The summed E-state index contributed by atoms with van der Waals surface area (Å²) in [7, 11) is 0. The minimum Gasteiger partial charge on any atom is -0.481 e. The molecule has 2 saturated heterocycles. The average Bonchev–Trinajstić information content (AvgIpc) is 3.03. The van der Waals surface area contributed by atoms with Gasteiger partial charge in [-0.15, -0.1) is 0 Å². The monoisotopic (exact) mass is 293 g/mol. The number of hydrogen-bond acceptors (Lipinski definition) is 3. The molecular formula is C15H16FNO4. The first-order chi connectivity index (χ1) is 9.97. The van der Waals surface area contributed by atoms with Gasteiger partial charge in [-0.3, -0.25) is 9.59 Å². The van der Waals surface area contributed by atoms with Crippen molar-refractivity contribution in [2.45, 2.75) is 24.6 Å². The minimum absolute atomic E-state index is 0.0491. The predicted octanol–water partition coefficient (Wildman–Crippen LogP) is 1.45. The third-order valence-corrected chi connectivity index (χ3v) is 4.34. The molecule has 2 heterocycles. The largest absolute Gasteiger partial charge is 0.481 e. The van der Waals surface area contributed by atoms with E-state index in [9.17, 15) is 14.0 Å². The highest BCUT2D eigenvalue weighted by Crippen LogP contribution is 2.58. The summed E-state index contributed by atoms with van der Waals surface area (Å²) in [6.07, 6.45) is -0.954. The second kappa shape index (κ2) is 4.80. The van der Waals surface area contributed by atoms with Crippen LogP contribution in [0.2, 0.25) is 0 Å². The van der Waals surface area contributed by atoms with Gasteiger partial charge >= 0.3 is 5.97 Å². The molecule has 3 aliphatic rings. The molecular weight excluding hydrogens is 277 g/mol. The number of hydrogen-bond donors (Lipinski definition) is 2. The molecule has 1 unspecified atom stereocenters. The standard InChI is InChI=1S/C15H16FNO4/c16-11(10-4-2-1-3-5-10)6-17-12(18)15-7-14(8-15,9-21-15)13(19)20/h1-5,11H,6-9H2,(H,17,18)(H,19,20). The molecule has 2 aliphatic heterocycles. The van der Waals surface area contributed by atoms with Gasteiger partial charge in [0, 0.05) is 12.8 Å². The molecule has 6 heteroatoms. The number of carbonyl (C=O) groups excluding carboxylic acids is 1. The smallest absolute Gasteiger partial charge is 0.312 e. The Morgan fingerprint density at radius 1 is 1.33 bits per heavy atom. The number of alkyl halides is 1. The maximum Gasteiger partial charge on any atom is 0.312 e. The molecule has 1 aromatic rings. The molecule has 5 nitrogen and oxygen atoms in total. The van der Waals surface area contributed by atoms with Gasteiger partial charge in [0.15, 0.2) is 0 Å². The van der Waals surface area contributed by atoms with Gasteiger partial charge in [0.05, 0.1) is 18.6 Å². The van der Waals surface area contributed by atoms with Gasteiger partial charge in [0.25, 0.3) is 5.91 Å². The van der Waals surface area contributed by atoms with Crippen LogP contribution in [0.5, 0.6) is 0 Å². The number of ether oxygens (including phenoxy) is 1. The highest BCUT2D eigenvalue weighted by atomic mass is 19.1. The van der Waals surface area contributed by atoms with E-state index in [2.05, 4.69) is 5.32 Å². The number of amides is 1. The Bertz CT molecular complexity index is 568. The lowest BCUT2D eigenvalue weighted by atomic mass is 9.62. The van der Waals surface area contributed by atoms with Gasteiger partial charge in [-0.2, -0.15) is 0 Å². The fraction of sp³-hybridized carbons (Fsp3) is 0.467. The summed E-state index contributed by atoms with van der Waals surface area (Å²) in [5.74, 6) is -1.36. The predicted molar refractivity (Wildman–Crippen MR) is 71.3 cm³/mol. The van der Waals surface area contributed by atoms with Gasteiger partial charge in [-0.05, 0) is 5.56 Å². The highest BCUT2D eigenvalue weighted by molar-refractivity contribution is 5.92. The summed E-state index contributed by atoms with van der Waals surface area (Å²) in [5, 5.41) is 11.6. The maximum atomic E-state index is 14.0. The van der Waals surface area contributed by atoms with Crippen LogP contribution in [-0.2, 0) is 14.3 Å². The Morgan fingerprint density at radius 2 is 2.00 bits per heavy atom. The minimum atomic E-state index is -1.29. The number of carboxylic acids is 1. The molecule has 2 N–H and O–H groups in total. The second-order valence-electron chi connectivity index (χ2n) is 5.81. The van der Waals surface area contributed by atoms with E-state index in [1.165, 1.54) is 0 Å². The average molecular weight is 293 g/mol. The molecule has 2 bridgehead atoms. The molecule has 3 fully saturated rings. The Kier molecular flexibility index (Phi) is 3.20. The van der Waals surface area contributed by atoms with Crippen molar-refractivity contribution >= 4 is 11.9 Å². The summed E-state index contributed by atoms with van der Waals surface area (Å²) in [6, 6.07) is 8.56. The van der Waals surface area contributed by atoms with E-state index in [-0.39, 0.29) is 26.0 Å². The van der Waals surface area contributed by atoms with Crippen molar-refractivity contribution < 1.29 is 23.8 Å². The molecule has 0 radical (unpaired) electrons. The van der Waals surface area contributed by atoms with Crippen LogP contribution in [0.25, 0.3) is 0 Å². The first kappa shape index (κ1) is 14.0. The van der Waals surface area contributed by atoms with E-state index in [0.717, 1.165) is 0 Å². The molecule has 1 saturated carbocycles. The first-order valence-electron chi connectivity index (χ1n) is 6.82. The number of fused-ring (bicyclic) bond motifs is 1. The van der Waals surface area contributed by atoms with Gasteiger partial charge in [0.1, 0.15) is 11.8 Å². The summed E-state index contributed by atoms with van der Waals surface area (Å²) in [5.41, 5.74) is -1.50. The third-order valence-electron chi connectivity index (χ3n) is 4.34. The van der Waals surface area contributed by atoms with Crippen molar-refractivity contribution in [3.63, 3.8) is 0 Å². The molecule has 21 heavy (non-hydrogen) atoms. The van der Waals surface area contributed by atoms with Gasteiger partial charge in [-0.25, -0.2) is 4.39 Å². The van der Waals surface area contributed by atoms with Crippen LogP contribution in [0.4, 0.5) is 4.39 Å². The van der Waals surface area contributed by atoms with E-state index < -0.39 is 29.1 Å². The zero-order chi connectivity index (χ0) is 15.1. The molecule has 112 valence electrons. The number of halogens is 1. The summed E-state index contributed by atoms with van der Waals surface area (Å²) in [4.78, 5) is 23.2. The van der Waals surface area contributed by atoms with Crippen LogP contribution in [0.15, 0.2) is 30.3 Å². The van der Waals surface area contributed by atoms with Gasteiger partial charge < -0.3 is 15.2 Å². The van der Waals surface area contributed by atoms with Crippen LogP contribution in [0.3, 0.4) is 0 Å². The second-order valence-corrected chi connectivity index (χ2v) is 5.81. The van der Waals surface area contributed by atoms with E-state index in [4.69, 9.17) is 9.84 Å². The lowest BCUT2D eigenvalue weighted by Gasteiger charge is -2.40. The molecule has 0 aromatic heterocycles. The molecule has 4 rings (SSSR count). The number of carboxylic acid groups (broad SMARTS) is 1. The molecule has 0 spiro atoms. The van der Waals surface area contributed by atoms with Crippen molar-refractivity contribution in [3.05, 3.63) is 35.9 Å². The van der Waals surface area contributed by atoms with Crippen LogP contribution >= 0.6 is 0 Å². The van der Waals surface area contributed by atoms with Gasteiger partial charge in [-0.1, -0.05) is 30.3 Å².